The second-order valence-corrected chi connectivity index (χ2v) is 5.50. The summed E-state index contributed by atoms with van der Waals surface area (Å²) in [5.41, 5.74) is 1.00. The van der Waals surface area contributed by atoms with E-state index in [1.807, 2.05) is 25.4 Å². The predicted octanol–water partition coefficient (Wildman–Crippen LogP) is 2.12. The molecule has 2 heterocycles. The SMILES string of the molecule is Cc1cc(Cn2ccnc2CNC(C)(C)C)no1. The molecule has 0 aromatic carbocycles. The highest BCUT2D eigenvalue weighted by molar-refractivity contribution is 5.06. The van der Waals surface area contributed by atoms with Crippen molar-refractivity contribution in [1.29, 1.82) is 0 Å². The summed E-state index contributed by atoms with van der Waals surface area (Å²) < 4.78 is 7.15. The molecule has 0 atom stereocenters. The first-order valence-electron chi connectivity index (χ1n) is 6.11. The van der Waals surface area contributed by atoms with Crippen LogP contribution in [0, 0.1) is 6.92 Å². The Hall–Kier alpha value is -1.62. The van der Waals surface area contributed by atoms with Crippen LogP contribution in [0.25, 0.3) is 0 Å². The monoisotopic (exact) mass is 248 g/mol. The van der Waals surface area contributed by atoms with E-state index in [9.17, 15) is 0 Å². The average Bonchev–Trinajstić information content (AvgIpc) is 2.85. The predicted molar refractivity (Wildman–Crippen MR) is 69.2 cm³/mol. The number of nitrogens with zero attached hydrogens (tertiary/aromatic N) is 3. The maximum absolute atomic E-state index is 5.07. The first-order valence-corrected chi connectivity index (χ1v) is 6.11. The zero-order chi connectivity index (χ0) is 13.2. The van der Waals surface area contributed by atoms with Crippen LogP contribution in [0.5, 0.6) is 0 Å². The molecule has 0 aliphatic carbocycles. The lowest BCUT2D eigenvalue weighted by Gasteiger charge is -2.20. The zero-order valence-electron chi connectivity index (χ0n) is 11.4. The fourth-order valence-corrected chi connectivity index (χ4v) is 1.66. The molecule has 0 radical (unpaired) electrons. The van der Waals surface area contributed by atoms with Crippen LogP contribution in [0.15, 0.2) is 23.0 Å². The molecule has 0 spiro atoms. The molecule has 0 amide bonds. The molecule has 0 aliphatic rings. The lowest BCUT2D eigenvalue weighted by Crippen LogP contribution is -2.36. The molecule has 5 heteroatoms. The van der Waals surface area contributed by atoms with E-state index in [0.717, 1.165) is 23.8 Å². The van der Waals surface area contributed by atoms with Crippen molar-refractivity contribution >= 4 is 0 Å². The third-order valence-electron chi connectivity index (χ3n) is 2.59. The molecule has 2 aromatic heterocycles. The Bertz CT molecular complexity index is 507. The Morgan fingerprint density at radius 2 is 2.17 bits per heavy atom. The minimum Gasteiger partial charge on any atom is -0.361 e. The van der Waals surface area contributed by atoms with Gasteiger partial charge in [-0.3, -0.25) is 0 Å². The van der Waals surface area contributed by atoms with Crippen molar-refractivity contribution in [2.75, 3.05) is 0 Å². The molecule has 0 aliphatic heterocycles. The molecular formula is C13H20N4O. The Labute approximate surface area is 107 Å². The van der Waals surface area contributed by atoms with Crippen LogP contribution in [0.1, 0.15) is 38.0 Å². The second kappa shape index (κ2) is 4.94. The molecule has 5 nitrogen and oxygen atoms in total. The van der Waals surface area contributed by atoms with Crippen molar-refractivity contribution < 1.29 is 4.52 Å². The van der Waals surface area contributed by atoms with Gasteiger partial charge in [0.1, 0.15) is 17.3 Å². The summed E-state index contributed by atoms with van der Waals surface area (Å²) in [5, 5.41) is 7.43. The van der Waals surface area contributed by atoms with Gasteiger partial charge in [0.25, 0.3) is 0 Å². The van der Waals surface area contributed by atoms with Gasteiger partial charge in [0.2, 0.25) is 0 Å². The molecule has 2 aromatic rings. The second-order valence-electron chi connectivity index (χ2n) is 5.50. The van der Waals surface area contributed by atoms with Gasteiger partial charge in [0, 0.05) is 24.0 Å². The summed E-state index contributed by atoms with van der Waals surface area (Å²) in [6.07, 6.45) is 3.77. The molecule has 0 saturated heterocycles. The molecule has 2 rings (SSSR count). The topological polar surface area (TPSA) is 55.9 Å². The minimum absolute atomic E-state index is 0.0846. The van der Waals surface area contributed by atoms with Gasteiger partial charge in [-0.15, -0.1) is 0 Å². The van der Waals surface area contributed by atoms with Crippen LogP contribution >= 0.6 is 0 Å². The van der Waals surface area contributed by atoms with Crippen LogP contribution in [-0.4, -0.2) is 20.2 Å². The lowest BCUT2D eigenvalue weighted by molar-refractivity contribution is 0.387. The van der Waals surface area contributed by atoms with Crippen molar-refractivity contribution in [2.45, 2.75) is 46.3 Å². The summed E-state index contributed by atoms with van der Waals surface area (Å²) in [6, 6.07) is 1.95. The summed E-state index contributed by atoms with van der Waals surface area (Å²) in [7, 11) is 0. The number of hydrogen-bond acceptors (Lipinski definition) is 4. The molecular weight excluding hydrogens is 228 g/mol. The van der Waals surface area contributed by atoms with E-state index < -0.39 is 0 Å². The Kier molecular flexibility index (Phi) is 3.52. The number of hydrogen-bond donors (Lipinski definition) is 1. The van der Waals surface area contributed by atoms with Crippen molar-refractivity contribution in [2.24, 2.45) is 0 Å². The fourth-order valence-electron chi connectivity index (χ4n) is 1.66. The Morgan fingerprint density at radius 3 is 2.78 bits per heavy atom. The Balaban J connectivity index is 2.03. The first-order chi connectivity index (χ1) is 8.44. The maximum Gasteiger partial charge on any atom is 0.133 e. The third kappa shape index (κ3) is 3.43. The summed E-state index contributed by atoms with van der Waals surface area (Å²) >= 11 is 0. The number of aryl methyl sites for hydroxylation is 1. The van der Waals surface area contributed by atoms with E-state index in [2.05, 4.69) is 40.8 Å². The van der Waals surface area contributed by atoms with Crippen molar-refractivity contribution in [3.05, 3.63) is 35.7 Å². The smallest absolute Gasteiger partial charge is 0.133 e. The third-order valence-corrected chi connectivity index (χ3v) is 2.59. The van der Waals surface area contributed by atoms with E-state index in [0.29, 0.717) is 6.54 Å². The maximum atomic E-state index is 5.07. The highest BCUT2D eigenvalue weighted by Gasteiger charge is 2.11. The quantitative estimate of drug-likeness (QED) is 0.900. The van der Waals surface area contributed by atoms with E-state index >= 15 is 0 Å². The van der Waals surface area contributed by atoms with E-state index in [1.165, 1.54) is 0 Å². The van der Waals surface area contributed by atoms with Crippen LogP contribution in [0.4, 0.5) is 0 Å². The van der Waals surface area contributed by atoms with E-state index in [1.54, 1.807) is 0 Å². The highest BCUT2D eigenvalue weighted by atomic mass is 16.5. The average molecular weight is 248 g/mol. The van der Waals surface area contributed by atoms with Crippen molar-refractivity contribution in [3.8, 4) is 0 Å². The largest absolute Gasteiger partial charge is 0.361 e. The molecule has 18 heavy (non-hydrogen) atoms. The first kappa shape index (κ1) is 12.8. The van der Waals surface area contributed by atoms with Crippen LogP contribution in [0.2, 0.25) is 0 Å². The summed E-state index contributed by atoms with van der Waals surface area (Å²) in [6.45, 7) is 9.75. The van der Waals surface area contributed by atoms with Crippen LogP contribution < -0.4 is 5.32 Å². The van der Waals surface area contributed by atoms with Crippen LogP contribution in [0.3, 0.4) is 0 Å². The molecule has 0 fully saturated rings. The zero-order valence-corrected chi connectivity index (χ0v) is 11.4. The molecule has 1 N–H and O–H groups in total. The van der Waals surface area contributed by atoms with Gasteiger partial charge in [-0.2, -0.15) is 0 Å². The van der Waals surface area contributed by atoms with E-state index in [4.69, 9.17) is 4.52 Å². The molecule has 0 unspecified atom stereocenters. The minimum atomic E-state index is 0.0846. The number of aromatic nitrogens is 3. The van der Waals surface area contributed by atoms with Gasteiger partial charge in [-0.25, -0.2) is 4.98 Å². The van der Waals surface area contributed by atoms with Gasteiger partial charge in [0.05, 0.1) is 13.1 Å². The standard InChI is InChI=1S/C13H20N4O/c1-10-7-11(16-18-10)9-17-6-5-14-12(17)8-15-13(2,3)4/h5-7,15H,8-9H2,1-4H3. The van der Waals surface area contributed by atoms with Crippen molar-refractivity contribution in [1.82, 2.24) is 20.0 Å². The van der Waals surface area contributed by atoms with Gasteiger partial charge < -0.3 is 14.4 Å². The summed E-state index contributed by atoms with van der Waals surface area (Å²) in [5.74, 6) is 1.84. The highest BCUT2D eigenvalue weighted by Crippen LogP contribution is 2.08. The van der Waals surface area contributed by atoms with E-state index in [-0.39, 0.29) is 5.54 Å². The number of imidazole rings is 1. The van der Waals surface area contributed by atoms with Gasteiger partial charge in [-0.1, -0.05) is 5.16 Å². The fraction of sp³-hybridized carbons (Fsp3) is 0.538. The summed E-state index contributed by atoms with van der Waals surface area (Å²) in [4.78, 5) is 4.36. The van der Waals surface area contributed by atoms with Crippen molar-refractivity contribution in [3.63, 3.8) is 0 Å². The normalized spacial score (nSPS) is 12.0. The van der Waals surface area contributed by atoms with Gasteiger partial charge >= 0.3 is 0 Å². The van der Waals surface area contributed by atoms with Gasteiger partial charge in [-0.05, 0) is 27.7 Å². The molecule has 0 bridgehead atoms. The van der Waals surface area contributed by atoms with Gasteiger partial charge in [0.15, 0.2) is 0 Å². The molecule has 0 saturated carbocycles. The lowest BCUT2D eigenvalue weighted by atomic mass is 10.1. The molecule has 98 valence electrons. The number of rotatable bonds is 4. The van der Waals surface area contributed by atoms with Crippen LogP contribution in [-0.2, 0) is 13.1 Å². The number of nitrogens with one attached hydrogen (secondary N) is 1. The Morgan fingerprint density at radius 1 is 1.39 bits per heavy atom.